The fraction of sp³-hybridized carbons (Fsp3) is 0.167. The zero-order chi connectivity index (χ0) is 14.7. The maximum absolute atomic E-state index is 4.44. The van der Waals surface area contributed by atoms with Gasteiger partial charge in [0.05, 0.1) is 17.9 Å². The summed E-state index contributed by atoms with van der Waals surface area (Å²) in [5.74, 6) is 0. The molecule has 0 amide bonds. The highest BCUT2D eigenvalue weighted by molar-refractivity contribution is 5.47. The van der Waals surface area contributed by atoms with E-state index in [0.29, 0.717) is 0 Å². The minimum absolute atomic E-state index is 0.212. The molecule has 3 aromatic rings. The Morgan fingerprint density at radius 2 is 1.86 bits per heavy atom. The molecular formula is C18H19N3. The lowest BCUT2D eigenvalue weighted by molar-refractivity contribution is 0.868. The number of benzene rings is 2. The van der Waals surface area contributed by atoms with Gasteiger partial charge >= 0.3 is 0 Å². The maximum atomic E-state index is 4.44. The van der Waals surface area contributed by atoms with Gasteiger partial charge in [-0.2, -0.15) is 5.10 Å². The molecule has 1 unspecified atom stereocenters. The van der Waals surface area contributed by atoms with Crippen LogP contribution >= 0.6 is 0 Å². The number of anilines is 1. The number of hydrogen-bond acceptors (Lipinski definition) is 2. The van der Waals surface area contributed by atoms with Gasteiger partial charge in [-0.25, -0.2) is 4.68 Å². The Morgan fingerprint density at radius 3 is 2.62 bits per heavy atom. The van der Waals surface area contributed by atoms with Gasteiger partial charge in [0.15, 0.2) is 0 Å². The van der Waals surface area contributed by atoms with Crippen molar-refractivity contribution < 1.29 is 0 Å². The smallest absolute Gasteiger partial charge is 0.0645 e. The van der Waals surface area contributed by atoms with Crippen LogP contribution in [0.15, 0.2) is 67.0 Å². The zero-order valence-electron chi connectivity index (χ0n) is 12.3. The minimum atomic E-state index is 0.212. The van der Waals surface area contributed by atoms with E-state index < -0.39 is 0 Å². The topological polar surface area (TPSA) is 29.9 Å². The van der Waals surface area contributed by atoms with Crippen LogP contribution in [-0.4, -0.2) is 9.78 Å². The van der Waals surface area contributed by atoms with Crippen LogP contribution in [0.1, 0.15) is 24.1 Å². The average Bonchev–Trinajstić information content (AvgIpc) is 2.98. The van der Waals surface area contributed by atoms with E-state index in [-0.39, 0.29) is 6.04 Å². The molecule has 0 saturated carbocycles. The highest BCUT2D eigenvalue weighted by atomic mass is 15.3. The molecule has 0 aliphatic heterocycles. The summed E-state index contributed by atoms with van der Waals surface area (Å²) in [5.41, 5.74) is 4.63. The Hall–Kier alpha value is -2.55. The van der Waals surface area contributed by atoms with Gasteiger partial charge in [0.2, 0.25) is 0 Å². The number of para-hydroxylation sites is 1. The number of nitrogens with one attached hydrogen (secondary N) is 1. The fourth-order valence-corrected chi connectivity index (χ4v) is 2.35. The van der Waals surface area contributed by atoms with Crippen LogP contribution in [0.5, 0.6) is 0 Å². The first-order valence-corrected chi connectivity index (χ1v) is 7.15. The van der Waals surface area contributed by atoms with Crippen molar-refractivity contribution in [1.29, 1.82) is 0 Å². The molecule has 0 spiro atoms. The quantitative estimate of drug-likeness (QED) is 0.768. The van der Waals surface area contributed by atoms with Crippen molar-refractivity contribution in [2.24, 2.45) is 0 Å². The molecule has 1 aromatic heterocycles. The highest BCUT2D eigenvalue weighted by Crippen LogP contribution is 2.20. The monoisotopic (exact) mass is 277 g/mol. The maximum Gasteiger partial charge on any atom is 0.0645 e. The summed E-state index contributed by atoms with van der Waals surface area (Å²) in [6.45, 7) is 4.25. The molecule has 3 nitrogen and oxygen atoms in total. The second kappa shape index (κ2) is 5.83. The molecule has 0 fully saturated rings. The summed E-state index contributed by atoms with van der Waals surface area (Å²) in [4.78, 5) is 0. The summed E-state index contributed by atoms with van der Waals surface area (Å²) in [6, 6.07) is 18.8. The molecule has 0 saturated heterocycles. The highest BCUT2D eigenvalue weighted by Gasteiger charge is 2.08. The number of rotatable bonds is 4. The summed E-state index contributed by atoms with van der Waals surface area (Å²) in [5, 5.41) is 7.95. The van der Waals surface area contributed by atoms with Crippen LogP contribution in [-0.2, 0) is 0 Å². The Morgan fingerprint density at radius 1 is 1.05 bits per heavy atom. The Labute approximate surface area is 125 Å². The predicted octanol–water partition coefficient (Wildman–Crippen LogP) is 4.35. The second-order valence-electron chi connectivity index (χ2n) is 5.29. The van der Waals surface area contributed by atoms with Crippen LogP contribution < -0.4 is 5.32 Å². The summed E-state index contributed by atoms with van der Waals surface area (Å²) in [7, 11) is 0. The van der Waals surface area contributed by atoms with Gasteiger partial charge in [-0.3, -0.25) is 0 Å². The molecule has 21 heavy (non-hydrogen) atoms. The lowest BCUT2D eigenvalue weighted by Gasteiger charge is -2.14. The number of nitrogens with zero attached hydrogens (tertiary/aromatic N) is 2. The predicted molar refractivity (Wildman–Crippen MR) is 86.8 cm³/mol. The molecule has 0 aliphatic rings. The summed E-state index contributed by atoms with van der Waals surface area (Å²) >= 11 is 0. The van der Waals surface area contributed by atoms with Crippen LogP contribution in [0.4, 0.5) is 5.69 Å². The van der Waals surface area contributed by atoms with Crippen LogP contribution in [0, 0.1) is 6.92 Å². The van der Waals surface area contributed by atoms with E-state index >= 15 is 0 Å². The fourth-order valence-electron chi connectivity index (χ4n) is 2.35. The van der Waals surface area contributed by atoms with E-state index in [0.717, 1.165) is 11.4 Å². The van der Waals surface area contributed by atoms with Crippen molar-refractivity contribution in [3.8, 4) is 5.69 Å². The minimum Gasteiger partial charge on any atom is -0.378 e. The normalized spacial score (nSPS) is 12.1. The molecule has 106 valence electrons. The molecule has 3 heteroatoms. The Bertz CT molecular complexity index is 716. The number of hydrogen-bond donors (Lipinski definition) is 1. The van der Waals surface area contributed by atoms with Crippen molar-refractivity contribution >= 4 is 5.69 Å². The average molecular weight is 277 g/mol. The lowest BCUT2D eigenvalue weighted by atomic mass is 10.1. The van der Waals surface area contributed by atoms with E-state index in [4.69, 9.17) is 0 Å². The third-order valence-electron chi connectivity index (χ3n) is 3.52. The SMILES string of the molecule is Cc1cccc(NC(C)c2cnn(-c3ccccc3)c2)c1. The standard InChI is InChI=1S/C18H19N3/c1-14-7-6-8-17(11-14)20-15(2)16-12-19-21(13-16)18-9-4-3-5-10-18/h3-13,15,20H,1-2H3. The van der Waals surface area contributed by atoms with E-state index in [9.17, 15) is 0 Å². The van der Waals surface area contributed by atoms with E-state index in [1.165, 1.54) is 11.1 Å². The first kappa shape index (κ1) is 13.4. The third kappa shape index (κ3) is 3.14. The number of aryl methyl sites for hydroxylation is 1. The van der Waals surface area contributed by atoms with Gasteiger partial charge < -0.3 is 5.32 Å². The first-order chi connectivity index (χ1) is 10.2. The van der Waals surface area contributed by atoms with E-state index in [1.54, 1.807) is 0 Å². The molecule has 3 rings (SSSR count). The summed E-state index contributed by atoms with van der Waals surface area (Å²) in [6.07, 6.45) is 3.99. The van der Waals surface area contributed by atoms with Gasteiger partial charge in [-0.1, -0.05) is 30.3 Å². The van der Waals surface area contributed by atoms with Gasteiger partial charge in [0, 0.05) is 17.4 Å². The van der Waals surface area contributed by atoms with Crippen molar-refractivity contribution in [3.05, 3.63) is 78.1 Å². The van der Waals surface area contributed by atoms with Gasteiger partial charge in [-0.15, -0.1) is 0 Å². The van der Waals surface area contributed by atoms with Crippen molar-refractivity contribution in [2.45, 2.75) is 19.9 Å². The van der Waals surface area contributed by atoms with Gasteiger partial charge in [-0.05, 0) is 43.7 Å². The van der Waals surface area contributed by atoms with Gasteiger partial charge in [0.25, 0.3) is 0 Å². The molecule has 0 radical (unpaired) electrons. The van der Waals surface area contributed by atoms with E-state index in [1.807, 2.05) is 29.1 Å². The first-order valence-electron chi connectivity index (χ1n) is 7.15. The largest absolute Gasteiger partial charge is 0.378 e. The van der Waals surface area contributed by atoms with Crippen LogP contribution in [0.25, 0.3) is 5.69 Å². The molecule has 2 aromatic carbocycles. The molecular weight excluding hydrogens is 258 g/mol. The molecule has 1 heterocycles. The Balaban J connectivity index is 1.77. The van der Waals surface area contributed by atoms with Crippen LogP contribution in [0.2, 0.25) is 0 Å². The summed E-state index contributed by atoms with van der Waals surface area (Å²) < 4.78 is 1.91. The molecule has 0 aliphatic carbocycles. The Kier molecular flexibility index (Phi) is 3.73. The zero-order valence-corrected chi connectivity index (χ0v) is 12.3. The molecule has 1 N–H and O–H groups in total. The van der Waals surface area contributed by atoms with Crippen molar-refractivity contribution in [2.75, 3.05) is 5.32 Å². The second-order valence-corrected chi connectivity index (χ2v) is 5.29. The third-order valence-corrected chi connectivity index (χ3v) is 3.52. The van der Waals surface area contributed by atoms with Crippen molar-refractivity contribution in [3.63, 3.8) is 0 Å². The number of aromatic nitrogens is 2. The lowest BCUT2D eigenvalue weighted by Crippen LogP contribution is -2.05. The van der Waals surface area contributed by atoms with Crippen molar-refractivity contribution in [1.82, 2.24) is 9.78 Å². The van der Waals surface area contributed by atoms with Gasteiger partial charge in [0.1, 0.15) is 0 Å². The molecule has 1 atom stereocenters. The molecule has 0 bridgehead atoms. The van der Waals surface area contributed by atoms with Crippen LogP contribution in [0.3, 0.4) is 0 Å². The van der Waals surface area contributed by atoms with E-state index in [2.05, 4.69) is 66.9 Å².